The van der Waals surface area contributed by atoms with E-state index in [9.17, 15) is 9.59 Å². The van der Waals surface area contributed by atoms with Crippen LogP contribution in [0.15, 0.2) is 63.9 Å². The molecule has 0 saturated carbocycles. The number of aromatic amines is 1. The van der Waals surface area contributed by atoms with E-state index in [-0.39, 0.29) is 18.0 Å². The lowest BCUT2D eigenvalue weighted by molar-refractivity contribution is 0.0923. The minimum Gasteiger partial charge on any atom is -0.485 e. The Balaban J connectivity index is 1.57. The normalized spacial score (nSPS) is 11.1. The van der Waals surface area contributed by atoms with Crippen molar-refractivity contribution < 1.29 is 13.9 Å². The van der Waals surface area contributed by atoms with Gasteiger partial charge in [-0.2, -0.15) is 0 Å². The van der Waals surface area contributed by atoms with Crippen LogP contribution in [0, 0.1) is 0 Å². The maximum Gasteiger partial charge on any atom is 0.336 e. The number of benzene rings is 2. The number of hydrogen-bond acceptors (Lipinski definition) is 4. The maximum absolute atomic E-state index is 12.5. The molecule has 27 heavy (non-hydrogen) atoms. The standard InChI is InChI=1S/C22H19NO4/c1-2-5-14-10-22(25)27-21-11-15(8-9-16(14)21)26-13-20(24)18-12-23-19-7-4-3-6-17(18)19/h3-4,6-12,23H,2,5,13H2,1H3. The number of nitrogens with one attached hydrogen (secondary N) is 1. The number of aryl methyl sites for hydroxylation is 1. The van der Waals surface area contributed by atoms with Crippen LogP contribution in [-0.2, 0) is 6.42 Å². The number of rotatable bonds is 6. The van der Waals surface area contributed by atoms with Gasteiger partial charge in [-0.3, -0.25) is 4.79 Å². The summed E-state index contributed by atoms with van der Waals surface area (Å²) in [5, 5.41) is 1.77. The fourth-order valence-corrected chi connectivity index (χ4v) is 3.31. The van der Waals surface area contributed by atoms with Crippen molar-refractivity contribution in [3.8, 4) is 5.75 Å². The SMILES string of the molecule is CCCc1cc(=O)oc2cc(OCC(=O)c3c[nH]c4ccccc34)ccc12. The summed E-state index contributed by atoms with van der Waals surface area (Å²) in [6, 6.07) is 14.5. The Hall–Kier alpha value is -3.34. The zero-order chi connectivity index (χ0) is 18.8. The van der Waals surface area contributed by atoms with Crippen LogP contribution >= 0.6 is 0 Å². The highest BCUT2D eigenvalue weighted by Gasteiger charge is 2.13. The summed E-state index contributed by atoms with van der Waals surface area (Å²) in [7, 11) is 0. The number of H-pyrrole nitrogens is 1. The molecule has 0 spiro atoms. The molecule has 0 radical (unpaired) electrons. The smallest absolute Gasteiger partial charge is 0.336 e. The van der Waals surface area contributed by atoms with E-state index in [1.54, 1.807) is 18.3 Å². The molecule has 4 aromatic rings. The van der Waals surface area contributed by atoms with Gasteiger partial charge in [0.05, 0.1) is 0 Å². The van der Waals surface area contributed by atoms with Crippen LogP contribution in [0.3, 0.4) is 0 Å². The summed E-state index contributed by atoms with van der Waals surface area (Å²) in [5.74, 6) is 0.376. The molecule has 0 atom stereocenters. The van der Waals surface area contributed by atoms with Crippen molar-refractivity contribution in [2.75, 3.05) is 6.61 Å². The lowest BCUT2D eigenvalue weighted by Crippen LogP contribution is -2.11. The van der Waals surface area contributed by atoms with Gasteiger partial charge in [-0.1, -0.05) is 31.5 Å². The van der Waals surface area contributed by atoms with Crippen LogP contribution < -0.4 is 10.4 Å². The maximum atomic E-state index is 12.5. The van der Waals surface area contributed by atoms with Crippen LogP contribution in [0.2, 0.25) is 0 Å². The molecule has 0 aliphatic rings. The number of carbonyl (C=O) groups is 1. The quantitative estimate of drug-likeness (QED) is 0.406. The number of hydrogen-bond donors (Lipinski definition) is 1. The fourth-order valence-electron chi connectivity index (χ4n) is 3.31. The molecular formula is C22H19NO4. The van der Waals surface area contributed by atoms with Crippen LogP contribution in [0.1, 0.15) is 29.3 Å². The van der Waals surface area contributed by atoms with Crippen molar-refractivity contribution in [1.82, 2.24) is 4.98 Å². The van der Waals surface area contributed by atoms with Crippen molar-refractivity contribution in [1.29, 1.82) is 0 Å². The lowest BCUT2D eigenvalue weighted by atomic mass is 10.1. The second-order valence-electron chi connectivity index (χ2n) is 6.46. The van der Waals surface area contributed by atoms with Gasteiger partial charge in [0.25, 0.3) is 0 Å². The second kappa shape index (κ2) is 7.11. The summed E-state index contributed by atoms with van der Waals surface area (Å²) in [6.45, 7) is 1.97. The zero-order valence-electron chi connectivity index (χ0n) is 15.0. The third kappa shape index (κ3) is 3.36. The van der Waals surface area contributed by atoms with E-state index in [0.717, 1.165) is 34.7 Å². The van der Waals surface area contributed by atoms with Crippen molar-refractivity contribution in [3.63, 3.8) is 0 Å². The molecule has 0 aliphatic carbocycles. The summed E-state index contributed by atoms with van der Waals surface area (Å²) >= 11 is 0. The Morgan fingerprint density at radius 2 is 1.96 bits per heavy atom. The summed E-state index contributed by atoms with van der Waals surface area (Å²) in [5.41, 5.74) is 2.58. The number of ether oxygens (including phenoxy) is 1. The average molecular weight is 361 g/mol. The first-order chi connectivity index (χ1) is 13.2. The molecule has 2 heterocycles. The van der Waals surface area contributed by atoms with Gasteiger partial charge in [0.2, 0.25) is 5.78 Å². The first kappa shape index (κ1) is 17.1. The first-order valence-corrected chi connectivity index (χ1v) is 8.94. The monoisotopic (exact) mass is 361 g/mol. The Kier molecular flexibility index (Phi) is 4.50. The highest BCUT2D eigenvalue weighted by molar-refractivity contribution is 6.08. The molecule has 0 unspecified atom stereocenters. The summed E-state index contributed by atoms with van der Waals surface area (Å²) in [4.78, 5) is 27.4. The topological polar surface area (TPSA) is 72.3 Å². The molecule has 5 heteroatoms. The van der Waals surface area contributed by atoms with Crippen molar-refractivity contribution in [3.05, 3.63) is 76.3 Å². The molecule has 0 saturated heterocycles. The molecule has 4 rings (SSSR count). The predicted octanol–water partition coefficient (Wildman–Crippen LogP) is 4.49. The molecule has 2 aromatic heterocycles. The van der Waals surface area contributed by atoms with Gasteiger partial charge in [-0.15, -0.1) is 0 Å². The largest absolute Gasteiger partial charge is 0.485 e. The molecule has 5 nitrogen and oxygen atoms in total. The zero-order valence-corrected chi connectivity index (χ0v) is 15.0. The molecule has 136 valence electrons. The Bertz CT molecular complexity index is 1190. The van der Waals surface area contributed by atoms with Gasteiger partial charge in [0.1, 0.15) is 11.3 Å². The molecule has 0 amide bonds. The number of Topliss-reactive ketones (excluding diaryl/α,β-unsaturated/α-hetero) is 1. The van der Waals surface area contributed by atoms with Gasteiger partial charge in [-0.25, -0.2) is 4.79 Å². The molecule has 0 aliphatic heterocycles. The van der Waals surface area contributed by atoms with Crippen LogP contribution in [-0.4, -0.2) is 17.4 Å². The Morgan fingerprint density at radius 3 is 2.81 bits per heavy atom. The van der Waals surface area contributed by atoms with E-state index in [2.05, 4.69) is 11.9 Å². The second-order valence-corrected chi connectivity index (χ2v) is 6.46. The van der Waals surface area contributed by atoms with Gasteiger partial charge in [0.15, 0.2) is 6.61 Å². The predicted molar refractivity (Wildman–Crippen MR) is 105 cm³/mol. The number of para-hydroxylation sites is 1. The minimum atomic E-state index is -0.377. The third-order valence-corrected chi connectivity index (χ3v) is 4.58. The number of fused-ring (bicyclic) bond motifs is 2. The molecule has 0 bridgehead atoms. The molecular weight excluding hydrogens is 342 g/mol. The molecule has 2 aromatic carbocycles. The number of ketones is 1. The van der Waals surface area contributed by atoms with E-state index in [1.165, 1.54) is 6.07 Å². The number of carbonyl (C=O) groups excluding carboxylic acids is 1. The molecule has 1 N–H and O–H groups in total. The van der Waals surface area contributed by atoms with Gasteiger partial charge in [0, 0.05) is 40.2 Å². The highest BCUT2D eigenvalue weighted by atomic mass is 16.5. The van der Waals surface area contributed by atoms with Crippen LogP contribution in [0.5, 0.6) is 5.75 Å². The van der Waals surface area contributed by atoms with Crippen molar-refractivity contribution in [2.24, 2.45) is 0 Å². The van der Waals surface area contributed by atoms with Crippen molar-refractivity contribution in [2.45, 2.75) is 19.8 Å². The van der Waals surface area contributed by atoms with Gasteiger partial charge < -0.3 is 14.1 Å². The van der Waals surface area contributed by atoms with Gasteiger partial charge in [-0.05, 0) is 30.2 Å². The summed E-state index contributed by atoms with van der Waals surface area (Å²) in [6.07, 6.45) is 3.45. The fraction of sp³-hybridized carbons (Fsp3) is 0.182. The van der Waals surface area contributed by atoms with E-state index in [0.29, 0.717) is 16.9 Å². The van der Waals surface area contributed by atoms with Gasteiger partial charge >= 0.3 is 5.63 Å². The average Bonchev–Trinajstić information content (AvgIpc) is 3.10. The number of aromatic nitrogens is 1. The highest BCUT2D eigenvalue weighted by Crippen LogP contribution is 2.24. The lowest BCUT2D eigenvalue weighted by Gasteiger charge is -2.08. The molecule has 0 fully saturated rings. The Morgan fingerprint density at radius 1 is 1.11 bits per heavy atom. The minimum absolute atomic E-state index is 0.0910. The van der Waals surface area contributed by atoms with Crippen LogP contribution in [0.4, 0.5) is 0 Å². The first-order valence-electron chi connectivity index (χ1n) is 8.94. The van der Waals surface area contributed by atoms with E-state index < -0.39 is 0 Å². The van der Waals surface area contributed by atoms with E-state index >= 15 is 0 Å². The van der Waals surface area contributed by atoms with Crippen molar-refractivity contribution >= 4 is 27.7 Å². The summed E-state index contributed by atoms with van der Waals surface area (Å²) < 4.78 is 11.0. The third-order valence-electron chi connectivity index (χ3n) is 4.58. The Labute approximate surface area is 155 Å². The van der Waals surface area contributed by atoms with E-state index in [4.69, 9.17) is 9.15 Å². The van der Waals surface area contributed by atoms with E-state index in [1.807, 2.05) is 30.3 Å². The van der Waals surface area contributed by atoms with Crippen LogP contribution in [0.25, 0.3) is 21.9 Å².